The maximum atomic E-state index is 15.2. The average Bonchev–Trinajstić information content (AvgIpc) is 3.59. The van der Waals surface area contributed by atoms with Crippen LogP contribution in [0.15, 0.2) is 90.0 Å². The van der Waals surface area contributed by atoms with Crippen molar-refractivity contribution in [1.82, 2.24) is 19.6 Å². The number of alkyl halides is 2. The van der Waals surface area contributed by atoms with Gasteiger partial charge in [-0.1, -0.05) is 42.5 Å². The number of amides is 1. The van der Waals surface area contributed by atoms with Crippen molar-refractivity contribution < 1.29 is 26.4 Å². The molecule has 0 N–H and O–H groups in total. The molecule has 1 aromatic heterocycles. The van der Waals surface area contributed by atoms with Crippen LogP contribution >= 0.6 is 0 Å². The van der Waals surface area contributed by atoms with E-state index in [-0.39, 0.29) is 22.9 Å². The molecule has 2 aliphatic rings. The second-order valence-corrected chi connectivity index (χ2v) is 13.7. The summed E-state index contributed by atoms with van der Waals surface area (Å²) in [5, 5.41) is 4.51. The second-order valence-electron chi connectivity index (χ2n) is 11.7. The molecule has 0 bridgehead atoms. The van der Waals surface area contributed by atoms with Crippen molar-refractivity contribution in [3.05, 3.63) is 113 Å². The van der Waals surface area contributed by atoms with Crippen LogP contribution in [0.5, 0.6) is 0 Å². The Morgan fingerprint density at radius 3 is 2.25 bits per heavy atom. The van der Waals surface area contributed by atoms with Crippen LogP contribution in [-0.4, -0.2) is 72.3 Å². The number of hydrogen-bond donors (Lipinski definition) is 0. The highest BCUT2D eigenvalue weighted by Crippen LogP contribution is 2.41. The van der Waals surface area contributed by atoms with Crippen LogP contribution in [0.1, 0.15) is 51.9 Å². The van der Waals surface area contributed by atoms with Gasteiger partial charge in [-0.2, -0.15) is 5.10 Å². The van der Waals surface area contributed by atoms with Gasteiger partial charge in [-0.15, -0.1) is 0 Å². The predicted molar refractivity (Wildman–Crippen MR) is 160 cm³/mol. The molecule has 0 saturated carbocycles. The number of benzene rings is 3. The summed E-state index contributed by atoms with van der Waals surface area (Å²) in [5.41, 5.74) is 3.00. The van der Waals surface area contributed by atoms with Gasteiger partial charge < -0.3 is 4.90 Å². The molecule has 2 fully saturated rings. The minimum Gasteiger partial charge on any atom is -0.332 e. The molecular weight excluding hydrogens is 589 g/mol. The quantitative estimate of drug-likeness (QED) is 0.266. The van der Waals surface area contributed by atoms with E-state index in [2.05, 4.69) is 10.00 Å². The number of nitrogens with zero attached hydrogens (tertiary/aromatic N) is 4. The van der Waals surface area contributed by atoms with Gasteiger partial charge in [0, 0.05) is 25.3 Å². The Bertz CT molecular complexity index is 1740. The number of carbonyl (C=O) groups is 1. The lowest BCUT2D eigenvalue weighted by Gasteiger charge is -2.33. The standard InChI is InChI=1S/C33H33F3N4O3S/c1-44(42,43)28-13-7-23(8-14-28)20-38-17-15-25(16-18-38)31-29(19-37-40(31)27-11-9-26(34)10-12-27)32(41)39-21-30(33(35,36)22-39)24-5-3-2-4-6-24/h2-14,19,25,30H,15-18,20-22H2,1H3/t30-/m1/s1. The molecule has 4 aromatic rings. The van der Waals surface area contributed by atoms with E-state index >= 15 is 8.78 Å². The second kappa shape index (κ2) is 11.9. The summed E-state index contributed by atoms with van der Waals surface area (Å²) in [5.74, 6) is -5.14. The van der Waals surface area contributed by atoms with Gasteiger partial charge >= 0.3 is 0 Å². The first-order valence-corrected chi connectivity index (χ1v) is 16.5. The van der Waals surface area contributed by atoms with Crippen LogP contribution in [-0.2, 0) is 16.4 Å². The number of likely N-dealkylation sites (tertiary alicyclic amines) is 2. The molecule has 2 aliphatic heterocycles. The molecule has 0 aliphatic carbocycles. The third-order valence-electron chi connectivity index (χ3n) is 8.64. The van der Waals surface area contributed by atoms with Gasteiger partial charge in [0.1, 0.15) is 5.82 Å². The smallest absolute Gasteiger partial charge is 0.273 e. The minimum atomic E-state index is -3.27. The van der Waals surface area contributed by atoms with Crippen molar-refractivity contribution in [1.29, 1.82) is 0 Å². The summed E-state index contributed by atoms with van der Waals surface area (Å²) in [4.78, 5) is 17.7. The van der Waals surface area contributed by atoms with Gasteiger partial charge in [0.05, 0.1) is 40.5 Å². The molecule has 2 saturated heterocycles. The summed E-state index contributed by atoms with van der Waals surface area (Å²) in [6.45, 7) is 1.28. The number of hydrogen-bond acceptors (Lipinski definition) is 5. The van der Waals surface area contributed by atoms with Crippen LogP contribution in [0.25, 0.3) is 5.69 Å². The van der Waals surface area contributed by atoms with Crippen molar-refractivity contribution in [2.45, 2.75) is 42.0 Å². The zero-order valence-corrected chi connectivity index (χ0v) is 25.1. The van der Waals surface area contributed by atoms with E-state index in [1.807, 2.05) is 12.1 Å². The third kappa shape index (κ3) is 6.16. The van der Waals surface area contributed by atoms with E-state index in [4.69, 9.17) is 0 Å². The van der Waals surface area contributed by atoms with E-state index in [1.165, 1.54) is 29.5 Å². The van der Waals surface area contributed by atoms with Gasteiger partial charge in [0.25, 0.3) is 11.8 Å². The van der Waals surface area contributed by atoms with E-state index in [0.717, 1.165) is 5.56 Å². The fourth-order valence-corrected chi connectivity index (χ4v) is 6.94. The summed E-state index contributed by atoms with van der Waals surface area (Å²) in [7, 11) is -3.27. The van der Waals surface area contributed by atoms with Crippen LogP contribution in [0.4, 0.5) is 13.2 Å². The molecule has 11 heteroatoms. The molecule has 0 unspecified atom stereocenters. The Morgan fingerprint density at radius 2 is 1.61 bits per heavy atom. The van der Waals surface area contributed by atoms with Crippen LogP contribution in [0, 0.1) is 5.82 Å². The number of rotatable bonds is 7. The first-order valence-electron chi connectivity index (χ1n) is 14.6. The molecular formula is C33H33F3N4O3S. The van der Waals surface area contributed by atoms with E-state index < -0.39 is 39.9 Å². The van der Waals surface area contributed by atoms with Crippen LogP contribution in [0.2, 0.25) is 0 Å². The van der Waals surface area contributed by atoms with E-state index in [1.54, 1.807) is 59.3 Å². The van der Waals surface area contributed by atoms with Crippen molar-refractivity contribution in [3.8, 4) is 5.69 Å². The normalized spacial score (nSPS) is 19.4. The molecule has 0 spiro atoms. The van der Waals surface area contributed by atoms with Crippen molar-refractivity contribution in [3.63, 3.8) is 0 Å². The number of piperidine rings is 1. The highest BCUT2D eigenvalue weighted by atomic mass is 32.2. The highest BCUT2D eigenvalue weighted by Gasteiger charge is 2.50. The molecule has 1 atom stereocenters. The summed E-state index contributed by atoms with van der Waals surface area (Å²) < 4.78 is 69.4. The number of aromatic nitrogens is 2. The maximum Gasteiger partial charge on any atom is 0.273 e. The Labute approximate surface area is 254 Å². The Morgan fingerprint density at radius 1 is 0.955 bits per heavy atom. The lowest BCUT2D eigenvalue weighted by molar-refractivity contribution is -0.00244. The number of sulfone groups is 1. The van der Waals surface area contributed by atoms with Gasteiger partial charge in [-0.05, 0) is 73.5 Å². The largest absolute Gasteiger partial charge is 0.332 e. The van der Waals surface area contributed by atoms with Crippen LogP contribution in [0.3, 0.4) is 0 Å². The van der Waals surface area contributed by atoms with Gasteiger partial charge in [0.2, 0.25) is 0 Å². The minimum absolute atomic E-state index is 0.0848. The average molecular weight is 623 g/mol. The SMILES string of the molecule is CS(=O)(=O)c1ccc(CN2CCC(c3c(C(=O)N4C[C@H](c5ccccc5)C(F)(F)C4)cnn3-c3ccc(F)cc3)CC2)cc1. The lowest BCUT2D eigenvalue weighted by atomic mass is 9.90. The molecule has 44 heavy (non-hydrogen) atoms. The maximum absolute atomic E-state index is 15.2. The monoisotopic (exact) mass is 622 g/mol. The van der Waals surface area contributed by atoms with E-state index in [0.29, 0.717) is 49.4 Å². The number of halogens is 3. The fraction of sp³-hybridized carbons (Fsp3) is 0.333. The Balaban J connectivity index is 1.24. The zero-order chi connectivity index (χ0) is 31.1. The highest BCUT2D eigenvalue weighted by molar-refractivity contribution is 7.90. The van der Waals surface area contributed by atoms with Crippen LogP contribution < -0.4 is 0 Å². The Hall–Kier alpha value is -3.96. The molecule has 7 nitrogen and oxygen atoms in total. The molecule has 1 amide bonds. The summed E-state index contributed by atoms with van der Waals surface area (Å²) in [6.07, 6.45) is 4.01. The van der Waals surface area contributed by atoms with Crippen molar-refractivity contribution in [2.24, 2.45) is 0 Å². The predicted octanol–water partition coefficient (Wildman–Crippen LogP) is 5.67. The molecule has 6 rings (SSSR count). The Kier molecular flexibility index (Phi) is 8.10. The summed E-state index contributed by atoms with van der Waals surface area (Å²) in [6, 6.07) is 21.2. The first-order chi connectivity index (χ1) is 21.0. The molecule has 3 aromatic carbocycles. The zero-order valence-electron chi connectivity index (χ0n) is 24.2. The topological polar surface area (TPSA) is 75.5 Å². The van der Waals surface area contributed by atoms with Gasteiger partial charge in [-0.3, -0.25) is 9.69 Å². The first kappa shape index (κ1) is 30.1. The van der Waals surface area contributed by atoms with Gasteiger partial charge in [0.15, 0.2) is 9.84 Å². The van der Waals surface area contributed by atoms with E-state index in [9.17, 15) is 17.6 Å². The summed E-state index contributed by atoms with van der Waals surface area (Å²) >= 11 is 0. The lowest BCUT2D eigenvalue weighted by Crippen LogP contribution is -2.35. The third-order valence-corrected chi connectivity index (χ3v) is 9.77. The molecule has 230 valence electrons. The molecule has 3 heterocycles. The van der Waals surface area contributed by atoms with Crippen molar-refractivity contribution >= 4 is 15.7 Å². The molecule has 0 radical (unpaired) electrons. The number of carbonyl (C=O) groups excluding carboxylic acids is 1. The fourth-order valence-electron chi connectivity index (χ4n) is 6.31. The van der Waals surface area contributed by atoms with Gasteiger partial charge in [-0.25, -0.2) is 26.3 Å². The van der Waals surface area contributed by atoms with Crippen molar-refractivity contribution in [2.75, 3.05) is 32.4 Å².